The summed E-state index contributed by atoms with van der Waals surface area (Å²) < 4.78 is 0. The topological polar surface area (TPSA) is 18.5 Å². The number of likely N-dealkylation sites (tertiary alicyclic amines) is 2. The largest absolute Gasteiger partial charge is 0.315 e. The standard InChI is InChI=1S/C12H23N.C11H22N2/c1-2-11-7-3-4-8-12(11)13-9-5-6-10-13;1-12-10-6-2-3-7-11(10)13-8-4-5-9-13/h11-12H,2-10H2,1H3;10-12H,2-9H2,1H3/t11-,12+;10-,11+/m11/s1. The molecule has 152 valence electrons. The highest BCUT2D eigenvalue weighted by Gasteiger charge is 2.31. The molecule has 4 atom stereocenters. The van der Waals surface area contributed by atoms with Gasteiger partial charge in [-0.3, -0.25) is 4.90 Å². The molecule has 3 nitrogen and oxygen atoms in total. The van der Waals surface area contributed by atoms with Gasteiger partial charge in [0.2, 0.25) is 0 Å². The maximum atomic E-state index is 3.49. The molecule has 4 rings (SSSR count). The molecule has 0 radical (unpaired) electrons. The molecule has 0 aromatic carbocycles. The van der Waals surface area contributed by atoms with Gasteiger partial charge in [-0.05, 0) is 90.5 Å². The number of nitrogens with zero attached hydrogens (tertiary/aromatic N) is 2. The average molecular weight is 364 g/mol. The van der Waals surface area contributed by atoms with Crippen molar-refractivity contribution in [2.24, 2.45) is 5.92 Å². The molecule has 26 heavy (non-hydrogen) atoms. The normalized spacial score (nSPS) is 36.7. The minimum absolute atomic E-state index is 0.770. The van der Waals surface area contributed by atoms with Crippen LogP contribution in [-0.2, 0) is 0 Å². The summed E-state index contributed by atoms with van der Waals surface area (Å²) in [6.45, 7) is 7.85. The first-order valence-electron chi connectivity index (χ1n) is 12.0. The van der Waals surface area contributed by atoms with Crippen molar-refractivity contribution in [1.82, 2.24) is 15.1 Å². The van der Waals surface area contributed by atoms with Gasteiger partial charge in [0.05, 0.1) is 0 Å². The lowest BCUT2D eigenvalue weighted by molar-refractivity contribution is 0.125. The van der Waals surface area contributed by atoms with Gasteiger partial charge in [0.15, 0.2) is 0 Å². The number of hydrogen-bond acceptors (Lipinski definition) is 3. The Morgan fingerprint density at radius 1 is 0.654 bits per heavy atom. The van der Waals surface area contributed by atoms with Gasteiger partial charge >= 0.3 is 0 Å². The molecule has 4 fully saturated rings. The predicted molar refractivity (Wildman–Crippen MR) is 113 cm³/mol. The van der Waals surface area contributed by atoms with E-state index in [1.165, 1.54) is 110 Å². The summed E-state index contributed by atoms with van der Waals surface area (Å²) in [4.78, 5) is 5.48. The third-order valence-corrected chi connectivity index (χ3v) is 7.71. The van der Waals surface area contributed by atoms with Crippen LogP contribution in [0, 0.1) is 5.92 Å². The fourth-order valence-electron chi connectivity index (χ4n) is 6.18. The lowest BCUT2D eigenvalue weighted by Crippen LogP contribution is -2.49. The molecule has 0 unspecified atom stereocenters. The zero-order chi connectivity index (χ0) is 18.2. The van der Waals surface area contributed by atoms with E-state index in [4.69, 9.17) is 0 Å². The Balaban J connectivity index is 0.000000151. The second kappa shape index (κ2) is 11.0. The van der Waals surface area contributed by atoms with E-state index in [0.717, 1.165) is 24.0 Å². The Kier molecular flexibility index (Phi) is 8.74. The summed E-state index contributed by atoms with van der Waals surface area (Å²) in [6, 6.07) is 2.58. The van der Waals surface area contributed by atoms with E-state index >= 15 is 0 Å². The van der Waals surface area contributed by atoms with E-state index in [1.807, 2.05) is 0 Å². The summed E-state index contributed by atoms with van der Waals surface area (Å²) >= 11 is 0. The smallest absolute Gasteiger partial charge is 0.0249 e. The number of rotatable bonds is 4. The maximum Gasteiger partial charge on any atom is 0.0249 e. The zero-order valence-corrected chi connectivity index (χ0v) is 17.7. The summed E-state index contributed by atoms with van der Waals surface area (Å²) in [5, 5.41) is 3.49. The van der Waals surface area contributed by atoms with Crippen LogP contribution in [0.2, 0.25) is 0 Å². The SMILES string of the molecule is CC[C@@H]1CCCC[C@@H]1N1CCCC1.CN[C@@H]1CCCC[C@@H]1N1CCCC1. The highest BCUT2D eigenvalue weighted by molar-refractivity contribution is 4.89. The molecule has 0 aromatic heterocycles. The molecule has 2 heterocycles. The van der Waals surface area contributed by atoms with E-state index in [-0.39, 0.29) is 0 Å². The van der Waals surface area contributed by atoms with Gasteiger partial charge in [-0.15, -0.1) is 0 Å². The molecular weight excluding hydrogens is 318 g/mol. The Morgan fingerprint density at radius 3 is 1.73 bits per heavy atom. The fourth-order valence-corrected chi connectivity index (χ4v) is 6.18. The van der Waals surface area contributed by atoms with Crippen molar-refractivity contribution in [2.75, 3.05) is 33.2 Å². The first-order chi connectivity index (χ1) is 12.8. The van der Waals surface area contributed by atoms with Crippen LogP contribution in [0.25, 0.3) is 0 Å². The van der Waals surface area contributed by atoms with Crippen LogP contribution in [0.1, 0.15) is 90.4 Å². The second-order valence-electron chi connectivity index (χ2n) is 9.25. The lowest BCUT2D eigenvalue weighted by Gasteiger charge is -2.37. The first-order valence-corrected chi connectivity index (χ1v) is 12.0. The lowest BCUT2D eigenvalue weighted by atomic mass is 9.82. The predicted octanol–water partition coefficient (Wildman–Crippen LogP) is 4.66. The van der Waals surface area contributed by atoms with Crippen LogP contribution >= 0.6 is 0 Å². The van der Waals surface area contributed by atoms with Crippen molar-refractivity contribution < 1.29 is 0 Å². The zero-order valence-electron chi connectivity index (χ0n) is 17.7. The summed E-state index contributed by atoms with van der Waals surface area (Å²) in [5.74, 6) is 1.02. The van der Waals surface area contributed by atoms with Gasteiger partial charge < -0.3 is 10.2 Å². The van der Waals surface area contributed by atoms with Crippen molar-refractivity contribution in [1.29, 1.82) is 0 Å². The fraction of sp³-hybridized carbons (Fsp3) is 1.00. The highest BCUT2D eigenvalue weighted by atomic mass is 15.2. The van der Waals surface area contributed by atoms with Crippen molar-refractivity contribution in [2.45, 2.75) is 109 Å². The molecule has 2 saturated carbocycles. The quantitative estimate of drug-likeness (QED) is 0.783. The van der Waals surface area contributed by atoms with Gasteiger partial charge in [-0.2, -0.15) is 0 Å². The van der Waals surface area contributed by atoms with E-state index in [2.05, 4.69) is 29.1 Å². The molecule has 0 aromatic rings. The van der Waals surface area contributed by atoms with Crippen LogP contribution in [0.5, 0.6) is 0 Å². The molecule has 2 aliphatic heterocycles. The van der Waals surface area contributed by atoms with Crippen molar-refractivity contribution in [3.8, 4) is 0 Å². The minimum atomic E-state index is 0.770. The van der Waals surface area contributed by atoms with E-state index in [1.54, 1.807) is 0 Å². The minimum Gasteiger partial charge on any atom is -0.315 e. The van der Waals surface area contributed by atoms with Gasteiger partial charge in [0.1, 0.15) is 0 Å². The second-order valence-corrected chi connectivity index (χ2v) is 9.25. The maximum absolute atomic E-state index is 3.49. The van der Waals surface area contributed by atoms with Crippen LogP contribution < -0.4 is 5.32 Å². The summed E-state index contributed by atoms with van der Waals surface area (Å²) in [7, 11) is 2.12. The van der Waals surface area contributed by atoms with Gasteiger partial charge in [0.25, 0.3) is 0 Å². The summed E-state index contributed by atoms with van der Waals surface area (Å²) in [5.41, 5.74) is 0. The molecule has 2 saturated heterocycles. The van der Waals surface area contributed by atoms with Crippen LogP contribution in [-0.4, -0.2) is 61.2 Å². The molecule has 0 bridgehead atoms. The van der Waals surface area contributed by atoms with Crippen molar-refractivity contribution >= 4 is 0 Å². The van der Waals surface area contributed by atoms with Crippen molar-refractivity contribution in [3.05, 3.63) is 0 Å². The third-order valence-electron chi connectivity index (χ3n) is 7.71. The Morgan fingerprint density at radius 2 is 1.15 bits per heavy atom. The molecule has 2 aliphatic carbocycles. The van der Waals surface area contributed by atoms with E-state index < -0.39 is 0 Å². The molecule has 0 amide bonds. The number of nitrogens with one attached hydrogen (secondary N) is 1. The molecule has 4 aliphatic rings. The number of likely N-dealkylation sites (N-methyl/N-ethyl adjacent to an activating group) is 1. The highest BCUT2D eigenvalue weighted by Crippen LogP contribution is 2.32. The molecule has 1 N–H and O–H groups in total. The molecule has 3 heteroatoms. The Bertz CT molecular complexity index is 334. The van der Waals surface area contributed by atoms with Crippen molar-refractivity contribution in [3.63, 3.8) is 0 Å². The third kappa shape index (κ3) is 5.45. The number of hydrogen-bond donors (Lipinski definition) is 1. The van der Waals surface area contributed by atoms with Gasteiger partial charge in [-0.25, -0.2) is 0 Å². The average Bonchev–Trinajstić information content (AvgIpc) is 3.42. The van der Waals surface area contributed by atoms with Gasteiger partial charge in [-0.1, -0.05) is 39.0 Å². The van der Waals surface area contributed by atoms with E-state index in [0.29, 0.717) is 0 Å². The molecule has 0 spiro atoms. The van der Waals surface area contributed by atoms with Crippen LogP contribution in [0.15, 0.2) is 0 Å². The van der Waals surface area contributed by atoms with E-state index in [9.17, 15) is 0 Å². The van der Waals surface area contributed by atoms with Crippen LogP contribution in [0.3, 0.4) is 0 Å². The van der Waals surface area contributed by atoms with Gasteiger partial charge in [0, 0.05) is 18.1 Å². The first kappa shape index (κ1) is 20.6. The summed E-state index contributed by atoms with van der Waals surface area (Å²) in [6.07, 6.45) is 18.8. The monoisotopic (exact) mass is 363 g/mol. The Hall–Kier alpha value is -0.120. The Labute approximate surface area is 163 Å². The molecular formula is C23H45N3. The van der Waals surface area contributed by atoms with Crippen LogP contribution in [0.4, 0.5) is 0 Å².